The highest BCUT2D eigenvalue weighted by Gasteiger charge is 2.42. The Balaban J connectivity index is 1.47. The lowest BCUT2D eigenvalue weighted by Crippen LogP contribution is -2.38. The van der Waals surface area contributed by atoms with Crippen LogP contribution in [0.2, 0.25) is 0 Å². The highest BCUT2D eigenvalue weighted by molar-refractivity contribution is 6.00. The number of benzene rings is 2. The number of nitrogens with one attached hydrogen (secondary N) is 1. The molecule has 2 aliphatic rings. The Morgan fingerprint density at radius 2 is 1.79 bits per heavy atom. The van der Waals surface area contributed by atoms with Gasteiger partial charge in [0.15, 0.2) is 0 Å². The molecule has 3 aromatic rings. The molecule has 0 spiro atoms. The van der Waals surface area contributed by atoms with Gasteiger partial charge >= 0.3 is 0 Å². The summed E-state index contributed by atoms with van der Waals surface area (Å²) in [7, 11) is 0. The van der Waals surface area contributed by atoms with Gasteiger partial charge in [0.2, 0.25) is 0 Å². The Morgan fingerprint density at radius 1 is 1.06 bits per heavy atom. The Bertz CT molecular complexity index is 1140. The Kier molecular flexibility index (Phi) is 5.89. The summed E-state index contributed by atoms with van der Waals surface area (Å²) in [5, 5.41) is 18.6. The highest BCUT2D eigenvalue weighted by atomic mass is 16.6. The first-order valence-electron chi connectivity index (χ1n) is 11.1. The summed E-state index contributed by atoms with van der Waals surface area (Å²) in [6.07, 6.45) is 0.827. The average Bonchev–Trinajstić information content (AvgIpc) is 3.39. The van der Waals surface area contributed by atoms with E-state index in [2.05, 4.69) is 15.1 Å². The fourth-order valence-corrected chi connectivity index (χ4v) is 4.66. The monoisotopic (exact) mass is 447 g/mol. The van der Waals surface area contributed by atoms with Gasteiger partial charge < -0.3 is 9.64 Å². The zero-order valence-corrected chi connectivity index (χ0v) is 18.1. The first kappa shape index (κ1) is 21.3. The number of ether oxygens (including phenoxy) is 1. The third kappa shape index (κ3) is 4.12. The van der Waals surface area contributed by atoms with Gasteiger partial charge in [-0.05, 0) is 24.1 Å². The van der Waals surface area contributed by atoms with Crippen LogP contribution in [0.5, 0.6) is 0 Å². The summed E-state index contributed by atoms with van der Waals surface area (Å²) in [6, 6.07) is 15.9. The number of nitro benzene ring substituents is 1. The van der Waals surface area contributed by atoms with Crippen LogP contribution in [0.1, 0.15) is 34.1 Å². The van der Waals surface area contributed by atoms with Crippen LogP contribution in [0.25, 0.3) is 11.3 Å². The van der Waals surface area contributed by atoms with Gasteiger partial charge in [0.05, 0.1) is 29.9 Å². The summed E-state index contributed by atoms with van der Waals surface area (Å²) in [5.74, 6) is -0.0926. The minimum atomic E-state index is -0.414. The van der Waals surface area contributed by atoms with Gasteiger partial charge in [-0.3, -0.25) is 24.9 Å². The topological polar surface area (TPSA) is 105 Å². The molecule has 1 aromatic heterocycles. The molecule has 1 fully saturated rings. The van der Waals surface area contributed by atoms with E-state index in [4.69, 9.17) is 4.74 Å². The molecule has 1 saturated heterocycles. The second kappa shape index (κ2) is 9.13. The number of hydrogen-bond acceptors (Lipinski definition) is 6. The van der Waals surface area contributed by atoms with Crippen LogP contribution in [0.15, 0.2) is 54.6 Å². The molecule has 9 nitrogen and oxygen atoms in total. The molecule has 1 amide bonds. The Labute approximate surface area is 191 Å². The number of carbonyl (C=O) groups excluding carboxylic acids is 1. The third-order valence-corrected chi connectivity index (χ3v) is 6.31. The van der Waals surface area contributed by atoms with Gasteiger partial charge in [-0.1, -0.05) is 30.3 Å². The molecule has 2 aromatic carbocycles. The number of H-pyrrole nitrogens is 1. The van der Waals surface area contributed by atoms with E-state index < -0.39 is 4.92 Å². The minimum absolute atomic E-state index is 0.0256. The van der Waals surface area contributed by atoms with E-state index in [-0.39, 0.29) is 17.6 Å². The maximum Gasteiger partial charge on any atom is 0.273 e. The molecule has 5 rings (SSSR count). The number of morpholine rings is 1. The van der Waals surface area contributed by atoms with Crippen molar-refractivity contribution in [2.45, 2.75) is 12.5 Å². The van der Waals surface area contributed by atoms with Crippen LogP contribution >= 0.6 is 0 Å². The molecule has 0 aliphatic carbocycles. The minimum Gasteiger partial charge on any atom is -0.379 e. The van der Waals surface area contributed by atoms with E-state index in [0.717, 1.165) is 61.7 Å². The zero-order chi connectivity index (χ0) is 22.8. The van der Waals surface area contributed by atoms with Crippen molar-refractivity contribution in [2.24, 2.45) is 0 Å². The first-order valence-corrected chi connectivity index (χ1v) is 11.1. The molecule has 2 aliphatic heterocycles. The molecular formula is C24H25N5O4. The number of aromatic amines is 1. The maximum atomic E-state index is 13.4. The number of nitro groups is 1. The van der Waals surface area contributed by atoms with Crippen LogP contribution in [0, 0.1) is 10.1 Å². The fourth-order valence-electron chi connectivity index (χ4n) is 4.66. The molecule has 1 unspecified atom stereocenters. The molecule has 0 saturated carbocycles. The third-order valence-electron chi connectivity index (χ3n) is 6.31. The van der Waals surface area contributed by atoms with E-state index in [1.807, 2.05) is 35.2 Å². The molecule has 1 atom stereocenters. The second-order valence-electron chi connectivity index (χ2n) is 8.28. The van der Waals surface area contributed by atoms with E-state index >= 15 is 0 Å². The number of carbonyl (C=O) groups is 1. The van der Waals surface area contributed by atoms with E-state index in [0.29, 0.717) is 12.2 Å². The highest BCUT2D eigenvalue weighted by Crippen LogP contribution is 2.43. The first-order chi connectivity index (χ1) is 16.1. The van der Waals surface area contributed by atoms with Crippen molar-refractivity contribution < 1.29 is 14.5 Å². The number of nitrogens with zero attached hydrogens (tertiary/aromatic N) is 4. The van der Waals surface area contributed by atoms with E-state index in [9.17, 15) is 14.9 Å². The van der Waals surface area contributed by atoms with Crippen molar-refractivity contribution >= 4 is 11.6 Å². The van der Waals surface area contributed by atoms with Crippen LogP contribution in [-0.2, 0) is 4.74 Å². The second-order valence-corrected chi connectivity index (χ2v) is 8.28. The van der Waals surface area contributed by atoms with Crippen LogP contribution in [0.4, 0.5) is 5.69 Å². The van der Waals surface area contributed by atoms with Gasteiger partial charge in [0.1, 0.15) is 5.69 Å². The maximum absolute atomic E-state index is 13.4. The average molecular weight is 447 g/mol. The quantitative estimate of drug-likeness (QED) is 0.440. The number of fused-ring (bicyclic) bond motifs is 1. The van der Waals surface area contributed by atoms with Crippen molar-refractivity contribution in [2.75, 3.05) is 39.4 Å². The predicted octanol–water partition coefficient (Wildman–Crippen LogP) is 3.25. The van der Waals surface area contributed by atoms with E-state index in [1.54, 1.807) is 12.1 Å². The molecule has 3 heterocycles. The lowest BCUT2D eigenvalue weighted by atomic mass is 9.96. The van der Waals surface area contributed by atoms with Crippen molar-refractivity contribution in [3.8, 4) is 11.3 Å². The molecule has 0 bridgehead atoms. The van der Waals surface area contributed by atoms with Crippen LogP contribution < -0.4 is 0 Å². The zero-order valence-electron chi connectivity index (χ0n) is 18.1. The Morgan fingerprint density at radius 3 is 2.48 bits per heavy atom. The molecule has 0 radical (unpaired) electrons. The lowest BCUT2D eigenvalue weighted by Gasteiger charge is -2.29. The molecular weight excluding hydrogens is 422 g/mol. The predicted molar refractivity (Wildman–Crippen MR) is 122 cm³/mol. The SMILES string of the molecule is O=C1c2[nH]nc(-c3ccccc3)c2C(c2ccc([N+](=O)[O-])cc2)N1CCCN1CCOCC1. The van der Waals surface area contributed by atoms with Crippen molar-refractivity contribution in [1.82, 2.24) is 20.0 Å². The number of aromatic nitrogens is 2. The van der Waals surface area contributed by atoms with E-state index in [1.165, 1.54) is 12.1 Å². The van der Waals surface area contributed by atoms with Crippen molar-refractivity contribution in [1.29, 1.82) is 0 Å². The molecule has 170 valence electrons. The van der Waals surface area contributed by atoms with Gasteiger partial charge in [-0.15, -0.1) is 0 Å². The summed E-state index contributed by atoms with van der Waals surface area (Å²) >= 11 is 0. The molecule has 9 heteroatoms. The standard InChI is InChI=1S/C24H25N5O4/c30-24-22-20(21(25-26-22)17-5-2-1-3-6-17)23(18-7-9-19(10-8-18)29(31)32)28(24)12-4-11-27-13-15-33-16-14-27/h1-3,5-10,23H,4,11-16H2,(H,25,26). The van der Waals surface area contributed by atoms with Gasteiger partial charge in [0.25, 0.3) is 11.6 Å². The number of non-ortho nitro benzene ring substituents is 1. The van der Waals surface area contributed by atoms with Crippen LogP contribution in [-0.4, -0.2) is 70.2 Å². The van der Waals surface area contributed by atoms with Crippen molar-refractivity contribution in [3.63, 3.8) is 0 Å². The number of hydrogen-bond donors (Lipinski definition) is 1. The normalized spacial score (nSPS) is 18.5. The van der Waals surface area contributed by atoms with Gasteiger partial charge in [-0.25, -0.2) is 0 Å². The number of amides is 1. The summed E-state index contributed by atoms with van der Waals surface area (Å²) in [4.78, 5) is 28.3. The molecule has 33 heavy (non-hydrogen) atoms. The largest absolute Gasteiger partial charge is 0.379 e. The Hall–Kier alpha value is -3.56. The summed E-state index contributed by atoms with van der Waals surface area (Å²) in [6.45, 7) is 4.75. The smallest absolute Gasteiger partial charge is 0.273 e. The molecule has 1 N–H and O–H groups in total. The van der Waals surface area contributed by atoms with Gasteiger partial charge in [0, 0.05) is 49.4 Å². The summed E-state index contributed by atoms with van der Waals surface area (Å²) < 4.78 is 5.42. The van der Waals surface area contributed by atoms with Crippen LogP contribution in [0.3, 0.4) is 0 Å². The number of rotatable bonds is 7. The summed E-state index contributed by atoms with van der Waals surface area (Å²) in [5.41, 5.74) is 3.83. The fraction of sp³-hybridized carbons (Fsp3) is 0.333. The van der Waals surface area contributed by atoms with Gasteiger partial charge in [-0.2, -0.15) is 5.10 Å². The van der Waals surface area contributed by atoms with Crippen molar-refractivity contribution in [3.05, 3.63) is 81.5 Å². The lowest BCUT2D eigenvalue weighted by molar-refractivity contribution is -0.384.